The first-order valence-corrected chi connectivity index (χ1v) is 6.71. The summed E-state index contributed by atoms with van der Waals surface area (Å²) in [7, 11) is 0. The number of aliphatic carboxylic acids is 1. The number of amides is 2. The van der Waals surface area contributed by atoms with E-state index in [4.69, 9.17) is 5.11 Å². The van der Waals surface area contributed by atoms with E-state index in [1.807, 2.05) is 11.4 Å². The maximum atomic E-state index is 11.3. The van der Waals surface area contributed by atoms with Crippen LogP contribution < -0.4 is 10.6 Å². The van der Waals surface area contributed by atoms with Gasteiger partial charge in [-0.25, -0.2) is 4.79 Å². The van der Waals surface area contributed by atoms with Gasteiger partial charge in [0.25, 0.3) is 0 Å². The second kappa shape index (κ2) is 7.71. The van der Waals surface area contributed by atoms with Gasteiger partial charge >= 0.3 is 12.0 Å². The summed E-state index contributed by atoms with van der Waals surface area (Å²) >= 11 is 1.71. The molecule has 0 saturated heterocycles. The molecule has 6 heteroatoms. The van der Waals surface area contributed by atoms with Crippen LogP contribution in [0.15, 0.2) is 17.5 Å². The van der Waals surface area contributed by atoms with Crippen molar-refractivity contribution in [2.24, 2.45) is 5.92 Å². The van der Waals surface area contributed by atoms with Gasteiger partial charge in [0.15, 0.2) is 0 Å². The molecule has 0 aromatic carbocycles. The van der Waals surface area contributed by atoms with Gasteiger partial charge in [-0.3, -0.25) is 4.79 Å². The maximum Gasteiger partial charge on any atom is 0.314 e. The smallest absolute Gasteiger partial charge is 0.314 e. The van der Waals surface area contributed by atoms with Crippen molar-refractivity contribution in [2.75, 3.05) is 13.1 Å². The van der Waals surface area contributed by atoms with Crippen LogP contribution in [0.4, 0.5) is 4.79 Å². The van der Waals surface area contributed by atoms with Crippen molar-refractivity contribution >= 4 is 23.3 Å². The van der Waals surface area contributed by atoms with E-state index in [2.05, 4.69) is 23.6 Å². The Bertz CT molecular complexity index is 379. The molecule has 5 nitrogen and oxygen atoms in total. The Hall–Kier alpha value is -1.56. The van der Waals surface area contributed by atoms with Gasteiger partial charge in [0.1, 0.15) is 0 Å². The highest BCUT2D eigenvalue weighted by atomic mass is 32.1. The van der Waals surface area contributed by atoms with Crippen molar-refractivity contribution in [3.05, 3.63) is 22.4 Å². The SMILES string of the molecule is CC(CNC(=O)NCCC(=O)O)Cc1cccs1. The number of carboxylic acid groups (broad SMARTS) is 1. The Balaban J connectivity index is 2.12. The molecule has 1 rings (SSSR count). The Morgan fingerprint density at radius 3 is 2.83 bits per heavy atom. The average molecular weight is 270 g/mol. The van der Waals surface area contributed by atoms with Crippen LogP contribution in [0.1, 0.15) is 18.2 Å². The van der Waals surface area contributed by atoms with Gasteiger partial charge in [-0.05, 0) is 23.8 Å². The minimum atomic E-state index is -0.915. The van der Waals surface area contributed by atoms with Gasteiger partial charge < -0.3 is 15.7 Å². The lowest BCUT2D eigenvalue weighted by Gasteiger charge is -2.12. The highest BCUT2D eigenvalue weighted by Crippen LogP contribution is 2.13. The second-order valence-corrected chi connectivity index (χ2v) is 5.20. The van der Waals surface area contributed by atoms with Gasteiger partial charge in [0.2, 0.25) is 0 Å². The van der Waals surface area contributed by atoms with E-state index in [0.29, 0.717) is 12.5 Å². The Morgan fingerprint density at radius 1 is 1.44 bits per heavy atom. The van der Waals surface area contributed by atoms with Crippen molar-refractivity contribution in [1.82, 2.24) is 10.6 Å². The zero-order valence-corrected chi connectivity index (χ0v) is 11.1. The number of carboxylic acids is 1. The fraction of sp³-hybridized carbons (Fsp3) is 0.500. The van der Waals surface area contributed by atoms with Crippen molar-refractivity contribution in [3.8, 4) is 0 Å². The number of carbonyl (C=O) groups is 2. The second-order valence-electron chi connectivity index (χ2n) is 4.17. The van der Waals surface area contributed by atoms with Crippen molar-refractivity contribution in [2.45, 2.75) is 19.8 Å². The molecule has 0 aliphatic carbocycles. The molecule has 2 amide bonds. The molecule has 1 aromatic rings. The Kier molecular flexibility index (Phi) is 6.21. The molecule has 0 aliphatic heterocycles. The van der Waals surface area contributed by atoms with Gasteiger partial charge in [-0.2, -0.15) is 0 Å². The van der Waals surface area contributed by atoms with E-state index in [1.54, 1.807) is 11.3 Å². The zero-order chi connectivity index (χ0) is 13.4. The van der Waals surface area contributed by atoms with Crippen LogP contribution >= 0.6 is 11.3 Å². The van der Waals surface area contributed by atoms with Crippen LogP contribution in [-0.4, -0.2) is 30.2 Å². The van der Waals surface area contributed by atoms with Gasteiger partial charge in [-0.1, -0.05) is 13.0 Å². The molecule has 0 radical (unpaired) electrons. The normalized spacial score (nSPS) is 11.8. The lowest BCUT2D eigenvalue weighted by molar-refractivity contribution is -0.136. The van der Waals surface area contributed by atoms with E-state index >= 15 is 0 Å². The number of hydrogen-bond acceptors (Lipinski definition) is 3. The first-order valence-electron chi connectivity index (χ1n) is 5.84. The summed E-state index contributed by atoms with van der Waals surface area (Å²) in [6.45, 7) is 2.80. The molecule has 0 fully saturated rings. The average Bonchev–Trinajstić information content (AvgIpc) is 2.78. The quantitative estimate of drug-likeness (QED) is 0.705. The largest absolute Gasteiger partial charge is 0.481 e. The van der Waals surface area contributed by atoms with E-state index in [9.17, 15) is 9.59 Å². The highest BCUT2D eigenvalue weighted by molar-refractivity contribution is 7.09. The summed E-state index contributed by atoms with van der Waals surface area (Å²) in [5.74, 6) is -0.560. The number of carbonyl (C=O) groups excluding carboxylic acids is 1. The summed E-state index contributed by atoms with van der Waals surface area (Å²) in [5, 5.41) is 15.7. The van der Waals surface area contributed by atoms with E-state index < -0.39 is 5.97 Å². The van der Waals surface area contributed by atoms with Crippen LogP contribution in [-0.2, 0) is 11.2 Å². The molecular formula is C12H18N2O3S. The number of urea groups is 1. The third kappa shape index (κ3) is 6.24. The summed E-state index contributed by atoms with van der Waals surface area (Å²) in [5.41, 5.74) is 0. The van der Waals surface area contributed by atoms with Crippen LogP contribution in [0.25, 0.3) is 0 Å². The van der Waals surface area contributed by atoms with Gasteiger partial charge in [0, 0.05) is 18.0 Å². The molecule has 1 atom stereocenters. The van der Waals surface area contributed by atoms with Crippen LogP contribution in [0, 0.1) is 5.92 Å². The first-order chi connectivity index (χ1) is 8.58. The molecule has 3 N–H and O–H groups in total. The standard InChI is InChI=1S/C12H18N2O3S/c1-9(7-10-3-2-6-18-10)8-14-12(17)13-5-4-11(15)16/h2-3,6,9H,4-5,7-8H2,1H3,(H,15,16)(H2,13,14,17). The summed E-state index contributed by atoms with van der Waals surface area (Å²) < 4.78 is 0. The summed E-state index contributed by atoms with van der Waals surface area (Å²) in [6.07, 6.45) is 0.880. The molecule has 0 aliphatic rings. The molecule has 18 heavy (non-hydrogen) atoms. The van der Waals surface area contributed by atoms with Crippen molar-refractivity contribution < 1.29 is 14.7 Å². The van der Waals surface area contributed by atoms with Crippen LogP contribution in [0.3, 0.4) is 0 Å². The molecule has 0 spiro atoms. The zero-order valence-electron chi connectivity index (χ0n) is 10.3. The maximum absolute atomic E-state index is 11.3. The molecular weight excluding hydrogens is 252 g/mol. The molecule has 1 unspecified atom stereocenters. The lowest BCUT2D eigenvalue weighted by Crippen LogP contribution is -2.39. The van der Waals surface area contributed by atoms with E-state index in [1.165, 1.54) is 4.88 Å². The van der Waals surface area contributed by atoms with Crippen molar-refractivity contribution in [3.63, 3.8) is 0 Å². The summed E-state index contributed by atoms with van der Waals surface area (Å²) in [6, 6.07) is 3.78. The Morgan fingerprint density at radius 2 is 2.22 bits per heavy atom. The first kappa shape index (κ1) is 14.5. The molecule has 1 heterocycles. The van der Waals surface area contributed by atoms with Crippen LogP contribution in [0.5, 0.6) is 0 Å². The number of thiophene rings is 1. The van der Waals surface area contributed by atoms with E-state index in [0.717, 1.165) is 6.42 Å². The topological polar surface area (TPSA) is 78.4 Å². The van der Waals surface area contributed by atoms with E-state index in [-0.39, 0.29) is 19.0 Å². The third-order valence-corrected chi connectivity index (χ3v) is 3.26. The minimum absolute atomic E-state index is 0.0574. The minimum Gasteiger partial charge on any atom is -0.481 e. The summed E-state index contributed by atoms with van der Waals surface area (Å²) in [4.78, 5) is 22.9. The van der Waals surface area contributed by atoms with Crippen LogP contribution in [0.2, 0.25) is 0 Å². The third-order valence-electron chi connectivity index (χ3n) is 2.37. The molecule has 0 bridgehead atoms. The molecule has 0 saturated carbocycles. The fourth-order valence-corrected chi connectivity index (χ4v) is 2.33. The van der Waals surface area contributed by atoms with Gasteiger partial charge in [-0.15, -0.1) is 11.3 Å². The predicted molar refractivity (Wildman–Crippen MR) is 70.8 cm³/mol. The molecule has 1 aromatic heterocycles. The fourth-order valence-electron chi connectivity index (χ4n) is 1.46. The lowest BCUT2D eigenvalue weighted by atomic mass is 10.1. The monoisotopic (exact) mass is 270 g/mol. The number of hydrogen-bond donors (Lipinski definition) is 3. The number of rotatable bonds is 7. The highest BCUT2D eigenvalue weighted by Gasteiger charge is 2.07. The predicted octanol–water partition coefficient (Wildman–Crippen LogP) is 1.70. The Labute approximate surface area is 110 Å². The van der Waals surface area contributed by atoms with Gasteiger partial charge in [0.05, 0.1) is 6.42 Å². The van der Waals surface area contributed by atoms with Crippen molar-refractivity contribution in [1.29, 1.82) is 0 Å². The number of nitrogens with one attached hydrogen (secondary N) is 2. The molecule has 100 valence electrons.